The predicted octanol–water partition coefficient (Wildman–Crippen LogP) is 2.06. The van der Waals surface area contributed by atoms with Gasteiger partial charge in [-0.25, -0.2) is 13.2 Å². The van der Waals surface area contributed by atoms with Crippen LogP contribution < -0.4 is 9.79 Å². The third-order valence-corrected chi connectivity index (χ3v) is 5.69. The van der Waals surface area contributed by atoms with E-state index < -0.39 is 16.1 Å². The molecule has 25 heavy (non-hydrogen) atoms. The summed E-state index contributed by atoms with van der Waals surface area (Å²) in [5.74, 6) is -0.0399. The van der Waals surface area contributed by atoms with Gasteiger partial charge in [0, 0.05) is 24.5 Å². The van der Waals surface area contributed by atoms with Crippen molar-refractivity contribution in [2.75, 3.05) is 23.7 Å². The highest BCUT2D eigenvalue weighted by molar-refractivity contribution is 7.92. The highest BCUT2D eigenvalue weighted by Crippen LogP contribution is 2.45. The number of sulfonamides is 1. The van der Waals surface area contributed by atoms with E-state index in [1.807, 2.05) is 45.0 Å². The molecule has 2 unspecified atom stereocenters. The molecule has 0 aliphatic carbocycles. The lowest BCUT2D eigenvalue weighted by atomic mass is 9.89. The van der Waals surface area contributed by atoms with Crippen LogP contribution in [-0.4, -0.2) is 50.3 Å². The van der Waals surface area contributed by atoms with Crippen LogP contribution in [0.1, 0.15) is 38.7 Å². The molecule has 2 aliphatic rings. The van der Waals surface area contributed by atoms with Crippen LogP contribution in [0.4, 0.5) is 10.5 Å². The summed E-state index contributed by atoms with van der Waals surface area (Å²) in [6.07, 6.45) is 1.39. The van der Waals surface area contributed by atoms with Crippen molar-refractivity contribution < 1.29 is 18.0 Å². The van der Waals surface area contributed by atoms with E-state index >= 15 is 0 Å². The van der Waals surface area contributed by atoms with Crippen LogP contribution in [0.15, 0.2) is 24.3 Å². The summed E-state index contributed by atoms with van der Waals surface area (Å²) in [6.45, 7) is 6.63. The molecule has 1 amide bonds. The Labute approximate surface area is 148 Å². The Morgan fingerprint density at radius 1 is 1.28 bits per heavy atom. The number of hydroxylamine groups is 1. The Bertz CT molecular complexity index is 772. The normalized spacial score (nSPS) is 23.2. The van der Waals surface area contributed by atoms with E-state index in [1.165, 1.54) is 10.6 Å². The number of benzene rings is 1. The lowest BCUT2D eigenvalue weighted by molar-refractivity contribution is 0.0161. The SMILES string of the molecule is CC(C)(C)NOC(=O)N1CCC2C(C1)c1ccccc1N2S(C)(=O)=O. The van der Waals surface area contributed by atoms with Gasteiger partial charge in [0.25, 0.3) is 0 Å². The van der Waals surface area contributed by atoms with Gasteiger partial charge in [-0.15, -0.1) is 5.48 Å². The summed E-state index contributed by atoms with van der Waals surface area (Å²) in [5.41, 5.74) is 4.10. The Kier molecular flexibility index (Phi) is 4.45. The van der Waals surface area contributed by atoms with E-state index in [0.717, 1.165) is 11.3 Å². The maximum Gasteiger partial charge on any atom is 0.428 e. The molecule has 0 bridgehead atoms. The fourth-order valence-corrected chi connectivity index (χ4v) is 4.83. The molecule has 2 heterocycles. The zero-order chi connectivity index (χ0) is 18.4. The molecule has 0 spiro atoms. The number of nitrogens with one attached hydrogen (secondary N) is 1. The number of fused-ring (bicyclic) bond motifs is 3. The van der Waals surface area contributed by atoms with Gasteiger partial charge in [0.2, 0.25) is 10.0 Å². The number of nitrogens with zero attached hydrogens (tertiary/aromatic N) is 2. The van der Waals surface area contributed by atoms with Gasteiger partial charge in [-0.3, -0.25) is 4.31 Å². The number of likely N-dealkylation sites (tertiary alicyclic amines) is 1. The average molecular weight is 367 g/mol. The molecule has 0 radical (unpaired) electrons. The van der Waals surface area contributed by atoms with Gasteiger partial charge in [0.15, 0.2) is 0 Å². The van der Waals surface area contributed by atoms with Crippen molar-refractivity contribution in [3.8, 4) is 0 Å². The smallest absolute Gasteiger partial charge is 0.353 e. The van der Waals surface area contributed by atoms with Crippen molar-refractivity contribution in [1.29, 1.82) is 0 Å². The van der Waals surface area contributed by atoms with Gasteiger partial charge in [0.05, 0.1) is 18.0 Å². The Hall–Kier alpha value is -1.80. The van der Waals surface area contributed by atoms with Crippen LogP contribution >= 0.6 is 0 Å². The number of anilines is 1. The average Bonchev–Trinajstić information content (AvgIpc) is 2.85. The fourth-order valence-electron chi connectivity index (χ4n) is 3.56. The summed E-state index contributed by atoms with van der Waals surface area (Å²) in [6, 6.07) is 7.37. The van der Waals surface area contributed by atoms with Crippen molar-refractivity contribution in [2.24, 2.45) is 0 Å². The number of amides is 1. The van der Waals surface area contributed by atoms with E-state index in [2.05, 4.69) is 5.48 Å². The number of para-hydroxylation sites is 1. The summed E-state index contributed by atoms with van der Waals surface area (Å²) in [5, 5.41) is 0. The predicted molar refractivity (Wildman–Crippen MR) is 95.9 cm³/mol. The first-order chi connectivity index (χ1) is 11.6. The van der Waals surface area contributed by atoms with Crippen LogP contribution in [0.3, 0.4) is 0 Å². The summed E-state index contributed by atoms with van der Waals surface area (Å²) < 4.78 is 26.1. The minimum Gasteiger partial charge on any atom is -0.353 e. The molecule has 1 aromatic carbocycles. The Balaban J connectivity index is 1.81. The second-order valence-electron chi connectivity index (χ2n) is 7.75. The van der Waals surface area contributed by atoms with Crippen LogP contribution in [0.2, 0.25) is 0 Å². The quantitative estimate of drug-likeness (QED) is 0.810. The highest BCUT2D eigenvalue weighted by atomic mass is 32.2. The molecule has 0 saturated carbocycles. The van der Waals surface area contributed by atoms with E-state index in [-0.39, 0.29) is 17.5 Å². The van der Waals surface area contributed by atoms with E-state index in [0.29, 0.717) is 19.5 Å². The van der Waals surface area contributed by atoms with Gasteiger partial charge >= 0.3 is 6.09 Å². The first kappa shape index (κ1) is 18.0. The Morgan fingerprint density at radius 2 is 1.96 bits per heavy atom. The molecule has 138 valence electrons. The third kappa shape index (κ3) is 3.59. The fraction of sp³-hybridized carbons (Fsp3) is 0.588. The number of piperidine rings is 1. The highest BCUT2D eigenvalue weighted by Gasteiger charge is 2.46. The zero-order valence-corrected chi connectivity index (χ0v) is 15.8. The first-order valence-electron chi connectivity index (χ1n) is 8.39. The lowest BCUT2D eigenvalue weighted by Gasteiger charge is -2.37. The standard InChI is InChI=1S/C17H25N3O4S/c1-17(2,3)18-24-16(21)19-10-9-15-13(11-19)12-7-5-6-8-14(12)20(15)25(4,22)23/h5-8,13,15,18H,9-11H2,1-4H3. The molecule has 2 aliphatic heterocycles. The second-order valence-corrected chi connectivity index (χ2v) is 9.61. The van der Waals surface area contributed by atoms with Gasteiger partial charge in [-0.05, 0) is 38.8 Å². The maximum atomic E-state index is 12.3. The molecular weight excluding hydrogens is 342 g/mol. The van der Waals surface area contributed by atoms with Crippen molar-refractivity contribution >= 4 is 21.8 Å². The number of carbonyl (C=O) groups is 1. The molecule has 1 N–H and O–H groups in total. The van der Waals surface area contributed by atoms with Crippen molar-refractivity contribution in [3.63, 3.8) is 0 Å². The molecule has 1 aromatic rings. The summed E-state index contributed by atoms with van der Waals surface area (Å²) in [7, 11) is -3.37. The van der Waals surface area contributed by atoms with E-state index in [4.69, 9.17) is 4.84 Å². The monoisotopic (exact) mass is 367 g/mol. The van der Waals surface area contributed by atoms with Crippen molar-refractivity contribution in [1.82, 2.24) is 10.4 Å². The molecule has 2 atom stereocenters. The molecule has 1 fully saturated rings. The lowest BCUT2D eigenvalue weighted by Crippen LogP contribution is -2.51. The topological polar surface area (TPSA) is 79.0 Å². The van der Waals surface area contributed by atoms with Crippen LogP contribution in [0.5, 0.6) is 0 Å². The van der Waals surface area contributed by atoms with Crippen LogP contribution in [0, 0.1) is 0 Å². The third-order valence-electron chi connectivity index (χ3n) is 4.51. The summed E-state index contributed by atoms with van der Waals surface area (Å²) in [4.78, 5) is 19.2. The van der Waals surface area contributed by atoms with Gasteiger partial charge in [-0.1, -0.05) is 18.2 Å². The summed E-state index contributed by atoms with van der Waals surface area (Å²) >= 11 is 0. The van der Waals surface area contributed by atoms with E-state index in [9.17, 15) is 13.2 Å². The molecule has 0 aromatic heterocycles. The molecule has 3 rings (SSSR count). The number of rotatable bonds is 2. The number of hydrogen-bond donors (Lipinski definition) is 1. The molecule has 7 nitrogen and oxygen atoms in total. The van der Waals surface area contributed by atoms with Gasteiger partial charge in [-0.2, -0.15) is 0 Å². The molecule has 8 heteroatoms. The van der Waals surface area contributed by atoms with Crippen molar-refractivity contribution in [2.45, 2.75) is 44.7 Å². The first-order valence-corrected chi connectivity index (χ1v) is 10.2. The number of carbonyl (C=O) groups excluding carboxylic acids is 1. The maximum absolute atomic E-state index is 12.3. The van der Waals surface area contributed by atoms with Crippen LogP contribution in [0.25, 0.3) is 0 Å². The molecule has 1 saturated heterocycles. The molecular formula is C17H25N3O4S. The number of hydrogen-bond acceptors (Lipinski definition) is 5. The largest absolute Gasteiger partial charge is 0.428 e. The van der Waals surface area contributed by atoms with Gasteiger partial charge < -0.3 is 9.74 Å². The Morgan fingerprint density at radius 3 is 2.60 bits per heavy atom. The van der Waals surface area contributed by atoms with E-state index in [1.54, 1.807) is 4.90 Å². The van der Waals surface area contributed by atoms with Crippen LogP contribution in [-0.2, 0) is 14.9 Å². The van der Waals surface area contributed by atoms with Gasteiger partial charge in [0.1, 0.15) is 0 Å². The minimum atomic E-state index is -3.37. The zero-order valence-electron chi connectivity index (χ0n) is 15.0. The second kappa shape index (κ2) is 6.17. The van der Waals surface area contributed by atoms with Crippen molar-refractivity contribution in [3.05, 3.63) is 29.8 Å². The minimum absolute atomic E-state index is 0.0399.